The van der Waals surface area contributed by atoms with E-state index in [1.807, 2.05) is 75.4 Å². The summed E-state index contributed by atoms with van der Waals surface area (Å²) in [6, 6.07) is 17.6. The van der Waals surface area contributed by atoms with Crippen LogP contribution in [-0.2, 0) is 11.3 Å². The number of methoxy groups -OCH3 is 2. The number of hydrogen-bond acceptors (Lipinski definition) is 6. The molecule has 0 radical (unpaired) electrons. The maximum Gasteiger partial charge on any atom is 0.252 e. The number of nitrogens with zero attached hydrogens (tertiary/aromatic N) is 5. The van der Waals surface area contributed by atoms with Crippen molar-refractivity contribution in [3.05, 3.63) is 88.4 Å². The Hall–Kier alpha value is -4.20. The second-order valence-electron chi connectivity index (χ2n) is 9.02. The lowest BCUT2D eigenvalue weighted by Crippen LogP contribution is -2.38. The molecule has 3 heterocycles. The fraction of sp³-hybridized carbons (Fsp3) is 0.286. The minimum atomic E-state index is -0.260. The Morgan fingerprint density at radius 2 is 1.67 bits per heavy atom. The first-order valence-corrected chi connectivity index (χ1v) is 11.9. The molecule has 0 bridgehead atoms. The van der Waals surface area contributed by atoms with Gasteiger partial charge < -0.3 is 9.47 Å². The van der Waals surface area contributed by atoms with Crippen molar-refractivity contribution in [3.63, 3.8) is 0 Å². The average molecular weight is 484 g/mol. The number of amides is 1. The van der Waals surface area contributed by atoms with Gasteiger partial charge in [0.15, 0.2) is 0 Å². The molecule has 2 aromatic carbocycles. The molecule has 0 N–H and O–H groups in total. The van der Waals surface area contributed by atoms with Crippen molar-refractivity contribution in [1.29, 1.82) is 0 Å². The summed E-state index contributed by atoms with van der Waals surface area (Å²) in [6.07, 6.45) is 0.281. The molecule has 1 aliphatic heterocycles. The molecule has 2 aromatic heterocycles. The quantitative estimate of drug-likeness (QED) is 0.396. The van der Waals surface area contributed by atoms with Gasteiger partial charge in [-0.1, -0.05) is 30.3 Å². The van der Waals surface area contributed by atoms with Crippen LogP contribution in [0.15, 0.2) is 54.6 Å². The van der Waals surface area contributed by atoms with E-state index >= 15 is 0 Å². The molecule has 184 valence electrons. The summed E-state index contributed by atoms with van der Waals surface area (Å²) in [6.45, 7) is 6.24. The van der Waals surface area contributed by atoms with Gasteiger partial charge in [0.2, 0.25) is 5.91 Å². The number of aromatic nitrogens is 4. The zero-order valence-electron chi connectivity index (χ0n) is 21.1. The Bertz CT molecular complexity index is 1410. The van der Waals surface area contributed by atoms with Gasteiger partial charge in [0, 0.05) is 34.9 Å². The summed E-state index contributed by atoms with van der Waals surface area (Å²) in [5.74, 6) is 2.27. The van der Waals surface area contributed by atoms with Gasteiger partial charge in [0.1, 0.15) is 17.3 Å². The predicted molar refractivity (Wildman–Crippen MR) is 137 cm³/mol. The van der Waals surface area contributed by atoms with Gasteiger partial charge in [-0.2, -0.15) is 9.78 Å². The van der Waals surface area contributed by atoms with E-state index < -0.39 is 0 Å². The van der Waals surface area contributed by atoms with Crippen LogP contribution in [0.25, 0.3) is 5.95 Å². The first-order valence-electron chi connectivity index (χ1n) is 11.9. The van der Waals surface area contributed by atoms with Crippen LogP contribution in [0, 0.1) is 20.8 Å². The molecule has 4 aromatic rings. The van der Waals surface area contributed by atoms with Gasteiger partial charge in [-0.25, -0.2) is 9.97 Å². The summed E-state index contributed by atoms with van der Waals surface area (Å²) in [4.78, 5) is 24.9. The first kappa shape index (κ1) is 23.5. The smallest absolute Gasteiger partial charge is 0.252 e. The highest BCUT2D eigenvalue weighted by Gasteiger charge is 2.39. The maximum atomic E-state index is 13.8. The van der Waals surface area contributed by atoms with Crippen molar-refractivity contribution in [2.75, 3.05) is 19.1 Å². The standard InChI is InChI=1S/C28H29N5O3/c1-17-13-18(2)30-28(29-17)33-27-26(19(3)31-33)23(22-14-21(35-4)11-12-24(22)36-5)15-25(34)32(27)16-20-9-7-6-8-10-20/h6-14,23H,15-16H2,1-5H3/t23-/m0/s1. The lowest BCUT2D eigenvalue weighted by atomic mass is 9.84. The van der Waals surface area contributed by atoms with E-state index in [0.717, 1.165) is 33.8 Å². The van der Waals surface area contributed by atoms with Crippen LogP contribution in [-0.4, -0.2) is 39.9 Å². The van der Waals surface area contributed by atoms with Crippen molar-refractivity contribution in [2.45, 2.75) is 39.7 Å². The number of anilines is 1. The third-order valence-electron chi connectivity index (χ3n) is 6.52. The van der Waals surface area contributed by atoms with Gasteiger partial charge >= 0.3 is 0 Å². The Morgan fingerprint density at radius 1 is 0.944 bits per heavy atom. The van der Waals surface area contributed by atoms with Crippen LogP contribution < -0.4 is 14.4 Å². The summed E-state index contributed by atoms with van der Waals surface area (Å²) in [5, 5.41) is 4.87. The lowest BCUT2D eigenvalue weighted by molar-refractivity contribution is -0.119. The van der Waals surface area contributed by atoms with Crippen molar-refractivity contribution >= 4 is 11.7 Å². The number of benzene rings is 2. The molecular weight excluding hydrogens is 454 g/mol. The van der Waals surface area contributed by atoms with Crippen molar-refractivity contribution in [3.8, 4) is 17.4 Å². The first-order chi connectivity index (χ1) is 17.4. The Kier molecular flexibility index (Phi) is 6.18. The molecule has 8 nitrogen and oxygen atoms in total. The molecule has 0 unspecified atom stereocenters. The third kappa shape index (κ3) is 4.19. The second-order valence-corrected chi connectivity index (χ2v) is 9.02. The number of aryl methyl sites for hydroxylation is 3. The highest BCUT2D eigenvalue weighted by molar-refractivity contribution is 5.97. The molecular formula is C28H29N5O3. The largest absolute Gasteiger partial charge is 0.497 e. The van der Waals surface area contributed by atoms with E-state index in [1.54, 1.807) is 23.8 Å². The minimum Gasteiger partial charge on any atom is -0.497 e. The molecule has 1 atom stereocenters. The van der Waals surface area contributed by atoms with Crippen molar-refractivity contribution < 1.29 is 14.3 Å². The number of carbonyl (C=O) groups is 1. The number of fused-ring (bicyclic) bond motifs is 1. The zero-order valence-corrected chi connectivity index (χ0v) is 21.1. The fourth-order valence-electron chi connectivity index (χ4n) is 4.95. The molecule has 0 fully saturated rings. The normalized spacial score (nSPS) is 15.1. The zero-order chi connectivity index (χ0) is 25.4. The second kappa shape index (κ2) is 9.45. The molecule has 1 aliphatic rings. The molecule has 0 spiro atoms. The van der Waals surface area contributed by atoms with Crippen LogP contribution in [0.2, 0.25) is 0 Å². The van der Waals surface area contributed by atoms with Crippen LogP contribution in [0.4, 0.5) is 5.82 Å². The fourth-order valence-corrected chi connectivity index (χ4v) is 4.95. The van der Waals surface area contributed by atoms with Gasteiger partial charge in [-0.05, 0) is 50.6 Å². The number of ether oxygens (including phenoxy) is 2. The van der Waals surface area contributed by atoms with E-state index in [4.69, 9.17) is 14.6 Å². The van der Waals surface area contributed by atoms with Gasteiger partial charge in [-0.3, -0.25) is 9.69 Å². The lowest BCUT2D eigenvalue weighted by Gasteiger charge is -2.33. The highest BCUT2D eigenvalue weighted by atomic mass is 16.5. The van der Waals surface area contributed by atoms with Gasteiger partial charge in [-0.15, -0.1) is 0 Å². The molecule has 36 heavy (non-hydrogen) atoms. The van der Waals surface area contributed by atoms with Crippen LogP contribution in [0.3, 0.4) is 0 Å². The highest BCUT2D eigenvalue weighted by Crippen LogP contribution is 2.46. The minimum absolute atomic E-state index is 0.00764. The summed E-state index contributed by atoms with van der Waals surface area (Å²) in [7, 11) is 3.27. The predicted octanol–water partition coefficient (Wildman–Crippen LogP) is 4.67. The van der Waals surface area contributed by atoms with Gasteiger partial charge in [0.25, 0.3) is 5.95 Å². The third-order valence-corrected chi connectivity index (χ3v) is 6.52. The van der Waals surface area contributed by atoms with Crippen LogP contribution >= 0.6 is 0 Å². The number of hydrogen-bond donors (Lipinski definition) is 0. The maximum absolute atomic E-state index is 13.8. The summed E-state index contributed by atoms with van der Waals surface area (Å²) >= 11 is 0. The summed E-state index contributed by atoms with van der Waals surface area (Å²) < 4.78 is 12.9. The Morgan fingerprint density at radius 3 is 2.33 bits per heavy atom. The molecule has 0 saturated heterocycles. The average Bonchev–Trinajstić information content (AvgIpc) is 3.22. The molecule has 1 amide bonds. The molecule has 5 rings (SSSR count). The topological polar surface area (TPSA) is 82.4 Å². The van der Waals surface area contributed by atoms with Crippen LogP contribution in [0.5, 0.6) is 11.5 Å². The van der Waals surface area contributed by atoms with E-state index in [9.17, 15) is 4.79 Å². The van der Waals surface area contributed by atoms with Crippen molar-refractivity contribution in [1.82, 2.24) is 19.7 Å². The summed E-state index contributed by atoms with van der Waals surface area (Å²) in [5.41, 5.74) is 5.35. The van der Waals surface area contributed by atoms with E-state index in [2.05, 4.69) is 9.97 Å². The number of rotatable bonds is 6. The molecule has 0 aliphatic carbocycles. The number of carbonyl (C=O) groups excluding carboxylic acids is 1. The van der Waals surface area contributed by atoms with Gasteiger partial charge in [0.05, 0.1) is 26.5 Å². The monoisotopic (exact) mass is 483 g/mol. The van der Waals surface area contributed by atoms with Crippen molar-refractivity contribution in [2.24, 2.45) is 0 Å². The SMILES string of the molecule is COc1ccc(OC)c([C@@H]2CC(=O)N(Cc3ccccc3)c3c2c(C)nn3-c2nc(C)cc(C)n2)c1. The van der Waals surface area contributed by atoms with E-state index in [0.29, 0.717) is 29.8 Å². The molecule has 0 saturated carbocycles. The van der Waals surface area contributed by atoms with Crippen LogP contribution in [0.1, 0.15) is 46.1 Å². The van der Waals surface area contributed by atoms with E-state index in [1.165, 1.54) is 0 Å². The Balaban J connectivity index is 1.74. The molecule has 8 heteroatoms. The Labute approximate surface area is 210 Å². The van der Waals surface area contributed by atoms with E-state index in [-0.39, 0.29) is 18.2 Å².